The van der Waals surface area contributed by atoms with E-state index < -0.39 is 0 Å². The van der Waals surface area contributed by atoms with E-state index >= 15 is 0 Å². The molecule has 1 amide bonds. The quantitative estimate of drug-likeness (QED) is 0.744. The summed E-state index contributed by atoms with van der Waals surface area (Å²) in [5.74, 6) is 1.27. The third-order valence-corrected chi connectivity index (χ3v) is 3.91. The minimum atomic E-state index is -0.117. The van der Waals surface area contributed by atoms with Gasteiger partial charge in [0, 0.05) is 30.6 Å². The first-order valence-corrected chi connectivity index (χ1v) is 6.54. The lowest BCUT2D eigenvalue weighted by Crippen LogP contribution is -2.54. The lowest BCUT2D eigenvalue weighted by molar-refractivity contribution is -0.136. The van der Waals surface area contributed by atoms with Crippen LogP contribution in [0.4, 0.5) is 0 Å². The Kier molecular flexibility index (Phi) is 5.89. The fourth-order valence-corrected chi connectivity index (χ4v) is 2.98. The van der Waals surface area contributed by atoms with Gasteiger partial charge in [-0.2, -0.15) is 11.8 Å². The highest BCUT2D eigenvalue weighted by molar-refractivity contribution is 7.99. The van der Waals surface area contributed by atoms with Crippen molar-refractivity contribution in [2.45, 2.75) is 18.2 Å². The second-order valence-electron chi connectivity index (χ2n) is 4.05. The van der Waals surface area contributed by atoms with E-state index in [9.17, 15) is 4.79 Å². The molecule has 2 rings (SSSR count). The van der Waals surface area contributed by atoms with Crippen molar-refractivity contribution in [1.82, 2.24) is 10.2 Å². The molecule has 16 heavy (non-hydrogen) atoms. The van der Waals surface area contributed by atoms with Crippen molar-refractivity contribution in [1.29, 1.82) is 0 Å². The molecule has 6 heteroatoms. The number of morpholine rings is 1. The maximum atomic E-state index is 12.1. The summed E-state index contributed by atoms with van der Waals surface area (Å²) in [6, 6.07) is -0.117. The van der Waals surface area contributed by atoms with Crippen molar-refractivity contribution in [2.75, 3.05) is 38.6 Å². The molecule has 2 heterocycles. The van der Waals surface area contributed by atoms with E-state index in [1.807, 2.05) is 16.7 Å². The van der Waals surface area contributed by atoms with Crippen molar-refractivity contribution in [3.05, 3.63) is 0 Å². The molecular weight excluding hydrogens is 248 g/mol. The van der Waals surface area contributed by atoms with Crippen LogP contribution in [0.1, 0.15) is 6.92 Å². The first-order valence-electron chi connectivity index (χ1n) is 5.49. The topological polar surface area (TPSA) is 41.6 Å². The number of hydrogen-bond acceptors (Lipinski definition) is 4. The number of nitrogens with one attached hydrogen (secondary N) is 1. The Balaban J connectivity index is 0.00000128. The van der Waals surface area contributed by atoms with Gasteiger partial charge in [-0.05, 0) is 0 Å². The molecule has 2 saturated heterocycles. The van der Waals surface area contributed by atoms with Gasteiger partial charge in [-0.3, -0.25) is 4.79 Å². The van der Waals surface area contributed by atoms with Gasteiger partial charge in [-0.25, -0.2) is 0 Å². The van der Waals surface area contributed by atoms with Gasteiger partial charge in [0.05, 0.1) is 13.2 Å². The summed E-state index contributed by atoms with van der Waals surface area (Å²) >= 11 is 1.94. The van der Waals surface area contributed by atoms with Crippen molar-refractivity contribution >= 4 is 30.1 Å². The van der Waals surface area contributed by atoms with E-state index in [4.69, 9.17) is 4.74 Å². The Morgan fingerprint density at radius 3 is 3.00 bits per heavy atom. The van der Waals surface area contributed by atoms with Gasteiger partial charge >= 0.3 is 0 Å². The Bertz CT molecular complexity index is 237. The number of amides is 1. The van der Waals surface area contributed by atoms with E-state index in [2.05, 4.69) is 12.2 Å². The third kappa shape index (κ3) is 3.52. The minimum absolute atomic E-state index is 0. The monoisotopic (exact) mass is 266 g/mol. The Labute approximate surface area is 107 Å². The van der Waals surface area contributed by atoms with E-state index in [1.165, 1.54) is 0 Å². The standard InChI is InChI=1S/C10H18N2O2S.ClH/c1-8-6-12(3-5-15-8)10(13)9-7-14-4-2-11-9;/h8-9,11H,2-7H2,1H3;1H. The molecule has 0 radical (unpaired) electrons. The van der Waals surface area contributed by atoms with Crippen LogP contribution in [0.5, 0.6) is 0 Å². The predicted molar refractivity (Wildman–Crippen MR) is 68.4 cm³/mol. The average molecular weight is 267 g/mol. The summed E-state index contributed by atoms with van der Waals surface area (Å²) < 4.78 is 5.31. The molecule has 0 aromatic heterocycles. The normalized spacial score (nSPS) is 30.7. The molecule has 2 aliphatic rings. The largest absolute Gasteiger partial charge is 0.378 e. The molecule has 0 bridgehead atoms. The van der Waals surface area contributed by atoms with Gasteiger partial charge in [-0.15, -0.1) is 12.4 Å². The van der Waals surface area contributed by atoms with Crippen LogP contribution in [-0.2, 0) is 9.53 Å². The smallest absolute Gasteiger partial charge is 0.242 e. The lowest BCUT2D eigenvalue weighted by Gasteiger charge is -2.34. The SMILES string of the molecule is CC1CN(C(=O)C2COCCN2)CCS1.Cl. The number of rotatable bonds is 1. The zero-order chi connectivity index (χ0) is 10.7. The Morgan fingerprint density at radius 2 is 2.38 bits per heavy atom. The summed E-state index contributed by atoms with van der Waals surface area (Å²) in [6.45, 7) is 5.96. The Hall–Kier alpha value is 0.0300. The Morgan fingerprint density at radius 1 is 1.56 bits per heavy atom. The van der Waals surface area contributed by atoms with E-state index in [1.54, 1.807) is 0 Å². The number of hydrogen-bond donors (Lipinski definition) is 1. The highest BCUT2D eigenvalue weighted by Gasteiger charge is 2.28. The van der Waals surface area contributed by atoms with Gasteiger partial charge in [0.1, 0.15) is 6.04 Å². The van der Waals surface area contributed by atoms with Crippen LogP contribution in [0.25, 0.3) is 0 Å². The zero-order valence-corrected chi connectivity index (χ0v) is 11.1. The molecule has 2 atom stereocenters. The van der Waals surface area contributed by atoms with Crippen molar-refractivity contribution < 1.29 is 9.53 Å². The highest BCUT2D eigenvalue weighted by Crippen LogP contribution is 2.18. The number of ether oxygens (including phenoxy) is 1. The van der Waals surface area contributed by atoms with E-state index in [-0.39, 0.29) is 24.4 Å². The first-order chi connectivity index (χ1) is 7.27. The van der Waals surface area contributed by atoms with Crippen LogP contribution in [0.15, 0.2) is 0 Å². The molecule has 2 fully saturated rings. The molecular formula is C10H19ClN2O2S. The van der Waals surface area contributed by atoms with Crippen molar-refractivity contribution in [2.24, 2.45) is 0 Å². The number of carbonyl (C=O) groups excluding carboxylic acids is 1. The third-order valence-electron chi connectivity index (χ3n) is 2.77. The van der Waals surface area contributed by atoms with E-state index in [0.29, 0.717) is 11.9 Å². The molecule has 4 nitrogen and oxygen atoms in total. The fraction of sp³-hybridized carbons (Fsp3) is 0.900. The molecule has 0 spiro atoms. The van der Waals surface area contributed by atoms with Crippen molar-refractivity contribution in [3.63, 3.8) is 0 Å². The van der Waals surface area contributed by atoms with Crippen LogP contribution in [0, 0.1) is 0 Å². The highest BCUT2D eigenvalue weighted by atomic mass is 35.5. The molecule has 0 aliphatic carbocycles. The molecule has 0 aromatic carbocycles. The number of thioether (sulfide) groups is 1. The van der Waals surface area contributed by atoms with Gasteiger partial charge in [0.25, 0.3) is 0 Å². The maximum Gasteiger partial charge on any atom is 0.242 e. The molecule has 0 saturated carbocycles. The summed E-state index contributed by atoms with van der Waals surface area (Å²) in [4.78, 5) is 14.0. The molecule has 94 valence electrons. The predicted octanol–water partition coefficient (Wildman–Crippen LogP) is 0.360. The van der Waals surface area contributed by atoms with Crippen LogP contribution in [0.2, 0.25) is 0 Å². The summed E-state index contributed by atoms with van der Waals surface area (Å²) in [6.07, 6.45) is 0. The second kappa shape index (κ2) is 6.69. The average Bonchev–Trinajstić information content (AvgIpc) is 2.29. The zero-order valence-electron chi connectivity index (χ0n) is 9.48. The second-order valence-corrected chi connectivity index (χ2v) is 5.59. The number of carbonyl (C=O) groups is 1. The van der Waals surface area contributed by atoms with Crippen molar-refractivity contribution in [3.8, 4) is 0 Å². The summed E-state index contributed by atoms with van der Waals surface area (Å²) in [5.41, 5.74) is 0. The van der Waals surface area contributed by atoms with Crippen LogP contribution < -0.4 is 5.32 Å². The molecule has 0 aromatic rings. The van der Waals surface area contributed by atoms with Gasteiger partial charge in [0.2, 0.25) is 5.91 Å². The lowest BCUT2D eigenvalue weighted by atomic mass is 10.2. The molecule has 2 unspecified atom stereocenters. The van der Waals surface area contributed by atoms with Gasteiger partial charge in [-0.1, -0.05) is 6.92 Å². The van der Waals surface area contributed by atoms with Gasteiger partial charge in [0.15, 0.2) is 0 Å². The molecule has 2 aliphatic heterocycles. The number of halogens is 1. The summed E-state index contributed by atoms with van der Waals surface area (Å²) in [7, 11) is 0. The first kappa shape index (κ1) is 14.1. The van der Waals surface area contributed by atoms with Crippen LogP contribution in [-0.4, -0.2) is 60.7 Å². The fourth-order valence-electron chi connectivity index (χ4n) is 1.96. The van der Waals surface area contributed by atoms with Gasteiger partial charge < -0.3 is 15.0 Å². The minimum Gasteiger partial charge on any atom is -0.378 e. The number of nitrogens with zero attached hydrogens (tertiary/aromatic N) is 1. The molecule has 1 N–H and O–H groups in total. The van der Waals surface area contributed by atoms with Crippen LogP contribution in [0.3, 0.4) is 0 Å². The van der Waals surface area contributed by atoms with Crippen LogP contribution >= 0.6 is 24.2 Å². The maximum absolute atomic E-state index is 12.1. The summed E-state index contributed by atoms with van der Waals surface area (Å²) in [5, 5.41) is 3.77. The van der Waals surface area contributed by atoms with E-state index in [0.717, 1.165) is 32.0 Å².